The minimum absolute atomic E-state index is 0.0658. The lowest BCUT2D eigenvalue weighted by atomic mass is 9.84. The molecule has 0 radical (unpaired) electrons. The first kappa shape index (κ1) is 26.7. The Bertz CT molecular complexity index is 1230. The Balaban J connectivity index is 1.84. The van der Waals surface area contributed by atoms with E-state index < -0.39 is 52.9 Å². The van der Waals surface area contributed by atoms with Crippen LogP contribution in [-0.4, -0.2) is 35.1 Å². The third-order valence-electron chi connectivity index (χ3n) is 5.90. The molecule has 0 bridgehead atoms. The Labute approximate surface area is 206 Å². The van der Waals surface area contributed by atoms with E-state index in [1.54, 1.807) is 6.92 Å². The van der Waals surface area contributed by atoms with E-state index in [1.165, 1.54) is 57.5 Å². The molecule has 0 saturated carbocycles. The molecule has 1 heterocycles. The van der Waals surface area contributed by atoms with Crippen molar-refractivity contribution in [1.82, 2.24) is 4.98 Å². The van der Waals surface area contributed by atoms with Crippen LogP contribution in [0.5, 0.6) is 11.5 Å². The smallest absolute Gasteiger partial charge is 0.309 e. The summed E-state index contributed by atoms with van der Waals surface area (Å²) < 4.78 is 52.7. The maximum absolute atomic E-state index is 14.8. The van der Waals surface area contributed by atoms with Gasteiger partial charge in [-0.15, -0.1) is 0 Å². The predicted octanol–water partition coefficient (Wildman–Crippen LogP) is 5.49. The fourth-order valence-electron chi connectivity index (χ4n) is 4.05. The third-order valence-corrected chi connectivity index (χ3v) is 5.90. The highest BCUT2D eigenvalue weighted by Gasteiger charge is 2.31. The number of esters is 1. The van der Waals surface area contributed by atoms with Crippen molar-refractivity contribution in [2.24, 2.45) is 5.92 Å². The summed E-state index contributed by atoms with van der Waals surface area (Å²) in [5.41, 5.74) is 0.821. The summed E-state index contributed by atoms with van der Waals surface area (Å²) in [6.45, 7) is 4.65. The van der Waals surface area contributed by atoms with E-state index in [-0.39, 0.29) is 23.4 Å². The van der Waals surface area contributed by atoms with Crippen LogP contribution in [-0.2, 0) is 9.53 Å². The number of methoxy groups -OCH3 is 1. The average molecular weight is 502 g/mol. The van der Waals surface area contributed by atoms with Crippen molar-refractivity contribution in [1.29, 1.82) is 0 Å². The molecule has 0 unspecified atom stereocenters. The van der Waals surface area contributed by atoms with Crippen molar-refractivity contribution in [2.45, 2.75) is 39.2 Å². The second kappa shape index (κ2) is 11.2. The summed E-state index contributed by atoms with van der Waals surface area (Å²) in [6.07, 6.45) is 0.0243. The number of carbonyl (C=O) groups is 2. The Morgan fingerprint density at radius 2 is 1.64 bits per heavy atom. The number of benzene rings is 2. The van der Waals surface area contributed by atoms with Crippen LogP contribution in [0.15, 0.2) is 48.7 Å². The van der Waals surface area contributed by atoms with Crippen LogP contribution in [0.2, 0.25) is 0 Å². The lowest BCUT2D eigenvalue weighted by Crippen LogP contribution is -2.28. The molecule has 0 amide bonds. The normalized spacial score (nSPS) is 13.5. The van der Waals surface area contributed by atoms with E-state index in [0.717, 1.165) is 12.1 Å². The molecule has 3 atom stereocenters. The zero-order valence-corrected chi connectivity index (χ0v) is 20.2. The lowest BCUT2D eigenvalue weighted by Gasteiger charge is -2.28. The third kappa shape index (κ3) is 5.84. The Kier molecular flexibility index (Phi) is 8.34. The number of carbonyl (C=O) groups excluding carboxylic acids is 2. The fraction of sp³-hybridized carbons (Fsp3) is 0.296. The number of rotatable bonds is 9. The van der Waals surface area contributed by atoms with Crippen LogP contribution >= 0.6 is 0 Å². The summed E-state index contributed by atoms with van der Waals surface area (Å²) in [5.74, 6) is -5.60. The van der Waals surface area contributed by atoms with Gasteiger partial charge in [-0.25, -0.2) is 18.2 Å². The van der Waals surface area contributed by atoms with Gasteiger partial charge in [0.25, 0.3) is 0 Å². The first-order valence-electron chi connectivity index (χ1n) is 11.2. The minimum Gasteiger partial charge on any atom is -0.503 e. The first-order valence-corrected chi connectivity index (χ1v) is 11.2. The van der Waals surface area contributed by atoms with Gasteiger partial charge in [-0.1, -0.05) is 19.1 Å². The predicted molar refractivity (Wildman–Crippen MR) is 125 cm³/mol. The molecule has 2 aromatic carbocycles. The second-order valence-electron chi connectivity index (χ2n) is 8.53. The highest BCUT2D eigenvalue weighted by Crippen LogP contribution is 2.35. The van der Waals surface area contributed by atoms with Crippen molar-refractivity contribution in [2.75, 3.05) is 7.11 Å². The highest BCUT2D eigenvalue weighted by molar-refractivity contribution is 5.99. The number of aromatic hydroxyl groups is 1. The number of hydrogen-bond acceptors (Lipinski definition) is 6. The number of ketones is 1. The van der Waals surface area contributed by atoms with Gasteiger partial charge in [0.1, 0.15) is 23.6 Å². The maximum Gasteiger partial charge on any atom is 0.309 e. The van der Waals surface area contributed by atoms with E-state index in [4.69, 9.17) is 9.47 Å². The molecule has 0 saturated heterocycles. The molecule has 6 nitrogen and oxygen atoms in total. The van der Waals surface area contributed by atoms with Crippen LogP contribution in [0.25, 0.3) is 0 Å². The van der Waals surface area contributed by atoms with E-state index in [0.29, 0.717) is 11.1 Å². The largest absolute Gasteiger partial charge is 0.503 e. The quantitative estimate of drug-likeness (QED) is 0.308. The highest BCUT2D eigenvalue weighted by atomic mass is 19.1. The van der Waals surface area contributed by atoms with Crippen molar-refractivity contribution in [3.63, 3.8) is 0 Å². The standard InChI is InChI=1S/C27H26F3NO5/c1-14-11-17(28)5-7-19(14)24(20-8-6-18(29)13-21(20)30)16(3)36-27(34)15(2)12-22(32)25-26(33)23(35-4)9-10-31-25/h5-11,13,15-16,24,33H,12H2,1-4H3/t15-,16+,24+/m1/s1. The molecule has 3 aromatic rings. The zero-order chi connectivity index (χ0) is 26.6. The number of aryl methyl sites for hydroxylation is 1. The summed E-state index contributed by atoms with van der Waals surface area (Å²) in [4.78, 5) is 29.4. The molecule has 190 valence electrons. The number of halogens is 3. The molecule has 0 aliphatic heterocycles. The van der Waals surface area contributed by atoms with Crippen molar-refractivity contribution in [3.8, 4) is 11.5 Å². The van der Waals surface area contributed by atoms with Crippen molar-refractivity contribution < 1.29 is 37.3 Å². The number of Topliss-reactive ketones (excluding diaryl/α,β-unsaturated/α-hetero) is 1. The topological polar surface area (TPSA) is 85.7 Å². The van der Waals surface area contributed by atoms with Gasteiger partial charge in [0, 0.05) is 30.7 Å². The van der Waals surface area contributed by atoms with Crippen LogP contribution in [0.1, 0.15) is 53.4 Å². The van der Waals surface area contributed by atoms with Crippen LogP contribution in [0, 0.1) is 30.3 Å². The fourth-order valence-corrected chi connectivity index (χ4v) is 4.05. The Morgan fingerprint density at radius 3 is 2.25 bits per heavy atom. The van der Waals surface area contributed by atoms with E-state index in [9.17, 15) is 27.9 Å². The Hall–Kier alpha value is -3.88. The van der Waals surface area contributed by atoms with Gasteiger partial charge in [-0.3, -0.25) is 9.59 Å². The lowest BCUT2D eigenvalue weighted by molar-refractivity contribution is -0.153. The molecule has 3 rings (SSSR count). The summed E-state index contributed by atoms with van der Waals surface area (Å²) in [5, 5.41) is 10.2. The van der Waals surface area contributed by atoms with Gasteiger partial charge in [-0.05, 0) is 48.7 Å². The van der Waals surface area contributed by atoms with Gasteiger partial charge in [0.2, 0.25) is 0 Å². The van der Waals surface area contributed by atoms with E-state index >= 15 is 0 Å². The van der Waals surface area contributed by atoms with Gasteiger partial charge < -0.3 is 14.6 Å². The molecular weight excluding hydrogens is 475 g/mol. The van der Waals surface area contributed by atoms with E-state index in [2.05, 4.69) is 4.98 Å². The molecule has 0 aliphatic carbocycles. The van der Waals surface area contributed by atoms with Gasteiger partial charge in [-0.2, -0.15) is 0 Å². The number of pyridine rings is 1. The van der Waals surface area contributed by atoms with Gasteiger partial charge in [0.15, 0.2) is 23.0 Å². The molecule has 1 aromatic heterocycles. The molecule has 0 fully saturated rings. The number of nitrogens with zero attached hydrogens (tertiary/aromatic N) is 1. The molecule has 1 N–H and O–H groups in total. The minimum atomic E-state index is -0.956. The maximum atomic E-state index is 14.8. The van der Waals surface area contributed by atoms with E-state index in [1.807, 2.05) is 0 Å². The van der Waals surface area contributed by atoms with Crippen molar-refractivity contribution in [3.05, 3.63) is 88.5 Å². The Morgan fingerprint density at radius 1 is 1.00 bits per heavy atom. The number of ether oxygens (including phenoxy) is 2. The van der Waals surface area contributed by atoms with Crippen LogP contribution in [0.3, 0.4) is 0 Å². The molecule has 0 spiro atoms. The zero-order valence-electron chi connectivity index (χ0n) is 20.2. The van der Waals surface area contributed by atoms with Crippen LogP contribution in [0.4, 0.5) is 13.2 Å². The van der Waals surface area contributed by atoms with Crippen molar-refractivity contribution >= 4 is 11.8 Å². The molecule has 0 aliphatic rings. The molecule has 36 heavy (non-hydrogen) atoms. The molecular formula is C27H26F3NO5. The summed E-state index contributed by atoms with van der Waals surface area (Å²) in [7, 11) is 1.33. The second-order valence-corrected chi connectivity index (χ2v) is 8.53. The average Bonchev–Trinajstić information content (AvgIpc) is 2.81. The monoisotopic (exact) mass is 501 g/mol. The summed E-state index contributed by atoms with van der Waals surface area (Å²) in [6, 6.07) is 8.41. The summed E-state index contributed by atoms with van der Waals surface area (Å²) >= 11 is 0. The SMILES string of the molecule is COc1ccnc(C(=O)C[C@@H](C)C(=O)O[C@@H](C)[C@@H](c2ccc(F)cc2C)c2ccc(F)cc2F)c1O. The van der Waals surface area contributed by atoms with Gasteiger partial charge >= 0.3 is 5.97 Å². The first-order chi connectivity index (χ1) is 17.0. The van der Waals surface area contributed by atoms with Gasteiger partial charge in [0.05, 0.1) is 13.0 Å². The number of aromatic nitrogens is 1. The number of hydrogen-bond donors (Lipinski definition) is 1. The van der Waals surface area contributed by atoms with Crippen LogP contribution < -0.4 is 4.74 Å². The molecule has 9 heteroatoms.